The fraction of sp³-hybridized carbons (Fsp3) is 0.500. The van der Waals surface area contributed by atoms with Gasteiger partial charge in [-0.05, 0) is 25.8 Å². The minimum Gasteiger partial charge on any atom is -0.392 e. The Morgan fingerprint density at radius 1 is 1.39 bits per heavy atom. The summed E-state index contributed by atoms with van der Waals surface area (Å²) in [5.74, 6) is 0. The number of nitrogens with zero attached hydrogens (tertiary/aromatic N) is 1. The molecule has 4 nitrogen and oxygen atoms in total. The number of hydrogen-bond donors (Lipinski definition) is 2. The van der Waals surface area contributed by atoms with E-state index in [1.54, 1.807) is 14.0 Å². The molecule has 1 aromatic rings. The summed E-state index contributed by atoms with van der Waals surface area (Å²) in [6, 6.07) is 8.12. The van der Waals surface area contributed by atoms with E-state index in [1.807, 2.05) is 0 Å². The van der Waals surface area contributed by atoms with Crippen molar-refractivity contribution in [3.63, 3.8) is 0 Å². The van der Waals surface area contributed by atoms with Gasteiger partial charge in [-0.25, -0.2) is 4.79 Å². The molecule has 0 spiro atoms. The number of benzene rings is 1. The predicted octanol–water partition coefficient (Wildman–Crippen LogP) is 1.56. The fourth-order valence-corrected chi connectivity index (χ4v) is 1.68. The first-order valence-corrected chi connectivity index (χ1v) is 6.21. The van der Waals surface area contributed by atoms with Crippen molar-refractivity contribution in [1.82, 2.24) is 10.2 Å². The van der Waals surface area contributed by atoms with Crippen molar-refractivity contribution in [3.8, 4) is 0 Å². The van der Waals surface area contributed by atoms with E-state index in [2.05, 4.69) is 36.5 Å². The zero-order valence-electron chi connectivity index (χ0n) is 11.3. The van der Waals surface area contributed by atoms with Crippen LogP contribution in [0.1, 0.15) is 18.1 Å². The van der Waals surface area contributed by atoms with Crippen molar-refractivity contribution in [1.29, 1.82) is 0 Å². The zero-order chi connectivity index (χ0) is 13.5. The molecule has 0 radical (unpaired) electrons. The molecule has 0 saturated heterocycles. The molecular weight excluding hydrogens is 228 g/mol. The van der Waals surface area contributed by atoms with E-state index in [-0.39, 0.29) is 6.03 Å². The molecule has 1 aromatic carbocycles. The van der Waals surface area contributed by atoms with Crippen LogP contribution in [0, 0.1) is 6.92 Å². The second kappa shape index (κ2) is 7.01. The maximum Gasteiger partial charge on any atom is 0.317 e. The van der Waals surface area contributed by atoms with Crippen molar-refractivity contribution in [3.05, 3.63) is 35.4 Å². The number of rotatable bonds is 5. The number of hydrogen-bond acceptors (Lipinski definition) is 2. The number of urea groups is 1. The number of likely N-dealkylation sites (N-methyl/N-ethyl adjacent to an activating group) is 1. The first-order chi connectivity index (χ1) is 8.49. The smallest absolute Gasteiger partial charge is 0.317 e. The van der Waals surface area contributed by atoms with Crippen LogP contribution < -0.4 is 5.32 Å². The van der Waals surface area contributed by atoms with E-state index in [9.17, 15) is 9.90 Å². The van der Waals surface area contributed by atoms with Gasteiger partial charge in [-0.15, -0.1) is 0 Å². The summed E-state index contributed by atoms with van der Waals surface area (Å²) in [7, 11) is 1.67. The van der Waals surface area contributed by atoms with Crippen LogP contribution in [0.15, 0.2) is 24.3 Å². The standard InChI is InChI=1S/C14H22N2O2/c1-11-4-6-13(7-5-11)8-9-15-14(18)16(3)10-12(2)17/h4-7,12,17H,8-10H2,1-3H3,(H,15,18). The van der Waals surface area contributed by atoms with Crippen LogP contribution in [0.25, 0.3) is 0 Å². The molecule has 100 valence electrons. The Morgan fingerprint density at radius 2 is 2.00 bits per heavy atom. The van der Waals surface area contributed by atoms with Gasteiger partial charge in [0.15, 0.2) is 0 Å². The summed E-state index contributed by atoms with van der Waals surface area (Å²) in [5.41, 5.74) is 2.44. The predicted molar refractivity (Wildman–Crippen MR) is 72.6 cm³/mol. The second-order valence-corrected chi connectivity index (χ2v) is 4.70. The summed E-state index contributed by atoms with van der Waals surface area (Å²) in [6.07, 6.45) is 0.312. The second-order valence-electron chi connectivity index (χ2n) is 4.70. The normalized spacial score (nSPS) is 12.0. The Kier molecular flexibility index (Phi) is 5.65. The third kappa shape index (κ3) is 5.19. The van der Waals surface area contributed by atoms with Gasteiger partial charge >= 0.3 is 6.03 Å². The van der Waals surface area contributed by atoms with E-state index in [0.717, 1.165) is 6.42 Å². The van der Waals surface area contributed by atoms with Crippen molar-refractivity contribution in [2.24, 2.45) is 0 Å². The Hall–Kier alpha value is -1.55. The molecule has 1 unspecified atom stereocenters. The van der Waals surface area contributed by atoms with Crippen molar-refractivity contribution in [2.45, 2.75) is 26.4 Å². The topological polar surface area (TPSA) is 52.6 Å². The third-order valence-corrected chi connectivity index (χ3v) is 2.70. The molecule has 0 bridgehead atoms. The van der Waals surface area contributed by atoms with Crippen LogP contribution in [0.4, 0.5) is 4.79 Å². The van der Waals surface area contributed by atoms with Crippen LogP contribution >= 0.6 is 0 Å². The van der Waals surface area contributed by atoms with E-state index < -0.39 is 6.10 Å². The van der Waals surface area contributed by atoms with Crippen LogP contribution in [0.2, 0.25) is 0 Å². The van der Waals surface area contributed by atoms with Crippen LogP contribution in [-0.4, -0.2) is 42.3 Å². The Balaban J connectivity index is 2.29. The molecule has 2 amide bonds. The molecule has 18 heavy (non-hydrogen) atoms. The quantitative estimate of drug-likeness (QED) is 0.833. The number of aryl methyl sites for hydroxylation is 1. The van der Waals surface area contributed by atoms with Crippen molar-refractivity contribution < 1.29 is 9.90 Å². The van der Waals surface area contributed by atoms with Gasteiger partial charge < -0.3 is 15.3 Å². The van der Waals surface area contributed by atoms with Gasteiger partial charge in [0, 0.05) is 20.1 Å². The maximum atomic E-state index is 11.6. The lowest BCUT2D eigenvalue weighted by molar-refractivity contribution is 0.144. The fourth-order valence-electron chi connectivity index (χ4n) is 1.68. The first-order valence-electron chi connectivity index (χ1n) is 6.21. The van der Waals surface area contributed by atoms with Gasteiger partial charge in [0.05, 0.1) is 6.10 Å². The highest BCUT2D eigenvalue weighted by molar-refractivity contribution is 5.73. The number of carbonyl (C=O) groups is 1. The largest absolute Gasteiger partial charge is 0.392 e. The van der Waals surface area contributed by atoms with E-state index >= 15 is 0 Å². The van der Waals surface area contributed by atoms with Gasteiger partial charge in [0.1, 0.15) is 0 Å². The van der Waals surface area contributed by atoms with Crippen molar-refractivity contribution >= 4 is 6.03 Å². The SMILES string of the molecule is Cc1ccc(CCNC(=O)N(C)CC(C)O)cc1. The highest BCUT2D eigenvalue weighted by atomic mass is 16.3. The number of amides is 2. The number of aliphatic hydroxyl groups is 1. The molecule has 1 rings (SSSR count). The molecule has 1 atom stereocenters. The minimum atomic E-state index is -0.502. The molecule has 0 aliphatic carbocycles. The van der Waals surface area contributed by atoms with Crippen molar-refractivity contribution in [2.75, 3.05) is 20.1 Å². The summed E-state index contributed by atoms with van der Waals surface area (Å²) in [4.78, 5) is 13.1. The molecule has 0 fully saturated rings. The van der Waals surface area contributed by atoms with E-state index in [1.165, 1.54) is 16.0 Å². The number of nitrogens with one attached hydrogen (secondary N) is 1. The zero-order valence-corrected chi connectivity index (χ0v) is 11.3. The summed E-state index contributed by atoms with van der Waals surface area (Å²) in [5, 5.41) is 12.0. The van der Waals surface area contributed by atoms with Crippen LogP contribution in [0.3, 0.4) is 0 Å². The minimum absolute atomic E-state index is 0.150. The summed E-state index contributed by atoms with van der Waals surface area (Å²) >= 11 is 0. The first kappa shape index (κ1) is 14.5. The number of carbonyl (C=O) groups excluding carboxylic acids is 1. The Labute approximate surface area is 109 Å². The maximum absolute atomic E-state index is 11.6. The lowest BCUT2D eigenvalue weighted by atomic mass is 10.1. The molecule has 0 aliphatic rings. The molecule has 0 saturated carbocycles. The lowest BCUT2D eigenvalue weighted by Crippen LogP contribution is -2.41. The number of aliphatic hydroxyl groups excluding tert-OH is 1. The molecule has 0 heterocycles. The van der Waals surface area contributed by atoms with Gasteiger partial charge in [-0.3, -0.25) is 0 Å². The highest BCUT2D eigenvalue weighted by Gasteiger charge is 2.09. The van der Waals surface area contributed by atoms with Gasteiger partial charge in [0.25, 0.3) is 0 Å². The Bertz CT molecular complexity index is 374. The summed E-state index contributed by atoms with van der Waals surface area (Å²) in [6.45, 7) is 4.66. The monoisotopic (exact) mass is 250 g/mol. The molecule has 0 aromatic heterocycles. The van der Waals surface area contributed by atoms with Crippen LogP contribution in [-0.2, 0) is 6.42 Å². The Morgan fingerprint density at radius 3 is 2.56 bits per heavy atom. The average molecular weight is 250 g/mol. The molecule has 2 N–H and O–H groups in total. The third-order valence-electron chi connectivity index (χ3n) is 2.70. The van der Waals surface area contributed by atoms with E-state index in [0.29, 0.717) is 13.1 Å². The molecular formula is C14H22N2O2. The lowest BCUT2D eigenvalue weighted by Gasteiger charge is -2.19. The summed E-state index contributed by atoms with van der Waals surface area (Å²) < 4.78 is 0. The van der Waals surface area contributed by atoms with Gasteiger partial charge in [-0.2, -0.15) is 0 Å². The average Bonchev–Trinajstić information content (AvgIpc) is 2.30. The van der Waals surface area contributed by atoms with Gasteiger partial charge in [0.2, 0.25) is 0 Å². The molecule has 4 heteroatoms. The van der Waals surface area contributed by atoms with Gasteiger partial charge in [-0.1, -0.05) is 29.8 Å². The van der Waals surface area contributed by atoms with Crippen LogP contribution in [0.5, 0.6) is 0 Å². The molecule has 0 aliphatic heterocycles. The van der Waals surface area contributed by atoms with E-state index in [4.69, 9.17) is 0 Å². The highest BCUT2D eigenvalue weighted by Crippen LogP contribution is 2.03.